The molecule has 0 aliphatic carbocycles. The van der Waals surface area contributed by atoms with Crippen LogP contribution in [-0.4, -0.2) is 48.0 Å². The first-order chi connectivity index (χ1) is 15.4. The molecule has 2 unspecified atom stereocenters. The van der Waals surface area contributed by atoms with Crippen LogP contribution in [0.4, 0.5) is 4.79 Å². The number of carbonyl (C=O) groups excluding carboxylic acids is 3. The van der Waals surface area contributed by atoms with Gasteiger partial charge in [-0.3, -0.25) is 9.59 Å². The maximum absolute atomic E-state index is 13.4. The van der Waals surface area contributed by atoms with E-state index in [2.05, 4.69) is 23.5 Å². The molecule has 0 spiro atoms. The summed E-state index contributed by atoms with van der Waals surface area (Å²) in [4.78, 5) is 40.3. The van der Waals surface area contributed by atoms with Crippen molar-refractivity contribution < 1.29 is 19.1 Å². The Kier molecular flexibility index (Phi) is 10.9. The zero-order valence-corrected chi connectivity index (χ0v) is 21.0. The Hall–Kier alpha value is -3.01. The van der Waals surface area contributed by atoms with Crippen LogP contribution in [-0.2, 0) is 14.3 Å². The van der Waals surface area contributed by atoms with Crippen molar-refractivity contribution >= 4 is 17.9 Å². The van der Waals surface area contributed by atoms with Gasteiger partial charge in [0.2, 0.25) is 11.8 Å². The molecule has 0 saturated carbocycles. The summed E-state index contributed by atoms with van der Waals surface area (Å²) >= 11 is 0. The maximum Gasteiger partial charge on any atom is 0.408 e. The fourth-order valence-corrected chi connectivity index (χ4v) is 3.29. The number of carbonyl (C=O) groups is 3. The fourth-order valence-electron chi connectivity index (χ4n) is 3.29. The number of rotatable bonds is 10. The first-order valence-electron chi connectivity index (χ1n) is 11.5. The number of terminal acetylenes is 1. The number of ether oxygens (including phenoxy) is 1. The number of nitrogens with one attached hydrogen (secondary N) is 2. The van der Waals surface area contributed by atoms with Gasteiger partial charge in [0.05, 0.1) is 0 Å². The topological polar surface area (TPSA) is 87.7 Å². The van der Waals surface area contributed by atoms with Crippen LogP contribution in [0.5, 0.6) is 0 Å². The summed E-state index contributed by atoms with van der Waals surface area (Å²) in [6.07, 6.45) is 7.68. The molecule has 33 heavy (non-hydrogen) atoms. The zero-order chi connectivity index (χ0) is 25.2. The number of unbranched alkanes of at least 4 members (excludes halogenated alkanes) is 2. The maximum atomic E-state index is 13.4. The second-order valence-electron chi connectivity index (χ2n) is 9.48. The van der Waals surface area contributed by atoms with Crippen LogP contribution in [0.25, 0.3) is 0 Å². The lowest BCUT2D eigenvalue weighted by atomic mass is 9.99. The van der Waals surface area contributed by atoms with Gasteiger partial charge in [-0.15, -0.1) is 6.42 Å². The largest absolute Gasteiger partial charge is 0.444 e. The molecule has 1 rings (SSSR count). The highest BCUT2D eigenvalue weighted by Crippen LogP contribution is 2.23. The predicted octanol–water partition coefficient (Wildman–Crippen LogP) is 4.02. The number of alkyl carbamates (subject to hydrolysis) is 1. The molecule has 7 heteroatoms. The van der Waals surface area contributed by atoms with Crippen LogP contribution in [0.3, 0.4) is 0 Å². The molecular formula is C26H39N3O4. The van der Waals surface area contributed by atoms with E-state index in [4.69, 9.17) is 11.2 Å². The highest BCUT2D eigenvalue weighted by Gasteiger charge is 2.35. The average molecular weight is 458 g/mol. The quantitative estimate of drug-likeness (QED) is 0.410. The summed E-state index contributed by atoms with van der Waals surface area (Å²) in [7, 11) is 1.57. The average Bonchev–Trinajstić information content (AvgIpc) is 2.73. The van der Waals surface area contributed by atoms with Gasteiger partial charge in [0, 0.05) is 19.2 Å². The van der Waals surface area contributed by atoms with Crippen molar-refractivity contribution in [1.29, 1.82) is 0 Å². The third kappa shape index (κ3) is 9.17. The van der Waals surface area contributed by atoms with E-state index in [1.807, 2.05) is 13.8 Å². The molecule has 0 saturated heterocycles. The van der Waals surface area contributed by atoms with Crippen LogP contribution in [0.2, 0.25) is 0 Å². The van der Waals surface area contributed by atoms with Gasteiger partial charge in [0.15, 0.2) is 0 Å². The minimum Gasteiger partial charge on any atom is -0.444 e. The lowest BCUT2D eigenvalue weighted by molar-refractivity contribution is -0.141. The van der Waals surface area contributed by atoms with Gasteiger partial charge in [-0.2, -0.15) is 0 Å². The lowest BCUT2D eigenvalue weighted by Crippen LogP contribution is -2.53. The minimum absolute atomic E-state index is 0.218. The normalized spacial score (nSPS) is 12.9. The Morgan fingerprint density at radius 3 is 2.21 bits per heavy atom. The van der Waals surface area contributed by atoms with Gasteiger partial charge in [-0.25, -0.2) is 4.79 Å². The summed E-state index contributed by atoms with van der Waals surface area (Å²) in [6.45, 7) is 11.5. The Balaban J connectivity index is 3.17. The molecule has 182 valence electrons. The molecule has 3 amide bonds. The molecule has 0 fully saturated rings. The number of hydrogen-bond donors (Lipinski definition) is 2. The zero-order valence-electron chi connectivity index (χ0n) is 21.0. The molecule has 0 bridgehead atoms. The highest BCUT2D eigenvalue weighted by molar-refractivity contribution is 5.92. The van der Waals surface area contributed by atoms with Crippen molar-refractivity contribution in [2.75, 3.05) is 13.6 Å². The van der Waals surface area contributed by atoms with Gasteiger partial charge in [0.1, 0.15) is 17.7 Å². The van der Waals surface area contributed by atoms with Crippen LogP contribution >= 0.6 is 0 Å². The van der Waals surface area contributed by atoms with E-state index < -0.39 is 23.8 Å². The number of amides is 3. The van der Waals surface area contributed by atoms with E-state index in [9.17, 15) is 14.4 Å². The SMILES string of the molecule is C#Cc1ccc(C(C(=O)NCCCCC)N(C)C(=O)C(NC(=O)OC(C)(C)C)C(C)C)cc1. The number of likely N-dealkylation sites (N-methyl/N-ethyl adjacent to an activating group) is 1. The highest BCUT2D eigenvalue weighted by atomic mass is 16.6. The number of benzene rings is 1. The summed E-state index contributed by atoms with van der Waals surface area (Å²) < 4.78 is 5.32. The van der Waals surface area contributed by atoms with Crippen molar-refractivity contribution in [2.24, 2.45) is 5.92 Å². The van der Waals surface area contributed by atoms with Crippen LogP contribution in [0, 0.1) is 18.3 Å². The predicted molar refractivity (Wildman–Crippen MR) is 130 cm³/mol. The first kappa shape index (κ1) is 28.0. The van der Waals surface area contributed by atoms with E-state index in [1.54, 1.807) is 52.1 Å². The van der Waals surface area contributed by atoms with E-state index in [-0.39, 0.29) is 17.7 Å². The van der Waals surface area contributed by atoms with Crippen molar-refractivity contribution in [3.63, 3.8) is 0 Å². The fraction of sp³-hybridized carbons (Fsp3) is 0.577. The second kappa shape index (κ2) is 12.9. The molecule has 2 N–H and O–H groups in total. The van der Waals surface area contributed by atoms with Gasteiger partial charge in [0.25, 0.3) is 0 Å². The van der Waals surface area contributed by atoms with E-state index in [0.29, 0.717) is 17.7 Å². The third-order valence-electron chi connectivity index (χ3n) is 5.06. The Labute approximate surface area is 198 Å². The van der Waals surface area contributed by atoms with Crippen molar-refractivity contribution in [3.05, 3.63) is 35.4 Å². The van der Waals surface area contributed by atoms with Crippen LogP contribution in [0.15, 0.2) is 24.3 Å². The number of hydrogen-bond acceptors (Lipinski definition) is 4. The summed E-state index contributed by atoms with van der Waals surface area (Å²) in [5.74, 6) is 1.67. The Morgan fingerprint density at radius 2 is 1.73 bits per heavy atom. The standard InChI is InChI=1S/C26H39N3O4/c1-9-11-12-17-27-23(30)22(20-15-13-19(10-2)14-16-20)29(8)24(31)21(18(3)4)28-25(32)33-26(5,6)7/h2,13-16,18,21-22H,9,11-12,17H2,1,3-8H3,(H,27,30)(H,28,32). The van der Waals surface area contributed by atoms with E-state index >= 15 is 0 Å². The molecule has 0 aliphatic heterocycles. The monoisotopic (exact) mass is 457 g/mol. The molecule has 2 atom stereocenters. The molecule has 0 heterocycles. The number of nitrogens with zero attached hydrogens (tertiary/aromatic N) is 1. The molecule has 1 aromatic rings. The molecular weight excluding hydrogens is 418 g/mol. The van der Waals surface area contributed by atoms with Gasteiger partial charge < -0.3 is 20.3 Å². The first-order valence-corrected chi connectivity index (χ1v) is 11.5. The molecule has 0 radical (unpaired) electrons. The summed E-state index contributed by atoms with van der Waals surface area (Å²) in [5, 5.41) is 5.60. The van der Waals surface area contributed by atoms with E-state index in [1.165, 1.54) is 4.90 Å². The minimum atomic E-state index is -0.868. The summed E-state index contributed by atoms with van der Waals surface area (Å²) in [6, 6.07) is 5.26. The van der Waals surface area contributed by atoms with Gasteiger partial charge in [-0.1, -0.05) is 51.7 Å². The van der Waals surface area contributed by atoms with Gasteiger partial charge in [-0.05, 0) is 50.8 Å². The Bertz CT molecular complexity index is 835. The lowest BCUT2D eigenvalue weighted by Gasteiger charge is -2.33. The van der Waals surface area contributed by atoms with Gasteiger partial charge >= 0.3 is 6.09 Å². The van der Waals surface area contributed by atoms with Crippen LogP contribution in [0.1, 0.15) is 78.0 Å². The Morgan fingerprint density at radius 1 is 1.12 bits per heavy atom. The third-order valence-corrected chi connectivity index (χ3v) is 5.06. The van der Waals surface area contributed by atoms with E-state index in [0.717, 1.165) is 19.3 Å². The van der Waals surface area contributed by atoms with Crippen molar-refractivity contribution in [3.8, 4) is 12.3 Å². The molecule has 0 aromatic heterocycles. The molecule has 0 aliphatic rings. The smallest absolute Gasteiger partial charge is 0.408 e. The second-order valence-corrected chi connectivity index (χ2v) is 9.48. The van der Waals surface area contributed by atoms with Crippen molar-refractivity contribution in [1.82, 2.24) is 15.5 Å². The molecule has 1 aromatic carbocycles. The summed E-state index contributed by atoms with van der Waals surface area (Å²) in [5.41, 5.74) is 0.624. The van der Waals surface area contributed by atoms with Crippen LogP contribution < -0.4 is 10.6 Å². The van der Waals surface area contributed by atoms with Crippen molar-refractivity contribution in [2.45, 2.75) is 78.5 Å². The molecule has 7 nitrogen and oxygen atoms in total.